The second kappa shape index (κ2) is 9.06. The number of benzene rings is 1. The van der Waals surface area contributed by atoms with Crippen molar-refractivity contribution < 1.29 is 14.7 Å². The number of rotatable bonds is 5. The fourth-order valence-electron chi connectivity index (χ4n) is 3.20. The van der Waals surface area contributed by atoms with E-state index in [-0.39, 0.29) is 30.0 Å². The lowest BCUT2D eigenvalue weighted by atomic mass is 9.81. The third-order valence-electron chi connectivity index (χ3n) is 5.15. The van der Waals surface area contributed by atoms with Crippen LogP contribution in [0.1, 0.15) is 37.0 Å². The van der Waals surface area contributed by atoms with E-state index in [1.807, 2.05) is 18.7 Å². The predicted octanol–water partition coefficient (Wildman–Crippen LogP) is 1.86. The van der Waals surface area contributed by atoms with Crippen LogP contribution in [0.2, 0.25) is 0 Å². The van der Waals surface area contributed by atoms with Gasteiger partial charge in [-0.15, -0.1) is 12.4 Å². The maximum atomic E-state index is 12.8. The van der Waals surface area contributed by atoms with Crippen LogP contribution in [-0.2, 0) is 4.79 Å². The van der Waals surface area contributed by atoms with E-state index in [0.29, 0.717) is 38.3 Å². The lowest BCUT2D eigenvalue weighted by molar-refractivity contribution is -0.143. The lowest BCUT2D eigenvalue weighted by Crippen LogP contribution is -2.55. The molecular weight excluding hydrogens is 342 g/mol. The van der Waals surface area contributed by atoms with Gasteiger partial charge in [-0.3, -0.25) is 9.59 Å². The topological polar surface area (TPSA) is 86.9 Å². The number of carbonyl (C=O) groups excluding carboxylic acids is 2. The van der Waals surface area contributed by atoms with Gasteiger partial charge >= 0.3 is 0 Å². The Morgan fingerprint density at radius 1 is 1.12 bits per heavy atom. The van der Waals surface area contributed by atoms with E-state index in [0.717, 1.165) is 12.8 Å². The zero-order valence-electron chi connectivity index (χ0n) is 14.9. The van der Waals surface area contributed by atoms with E-state index in [9.17, 15) is 14.7 Å². The molecule has 0 bridgehead atoms. The molecule has 6 nitrogen and oxygen atoms in total. The summed E-state index contributed by atoms with van der Waals surface area (Å²) in [6, 6.07) is 6.34. The summed E-state index contributed by atoms with van der Waals surface area (Å²) in [5, 5.41) is 9.51. The fourth-order valence-corrected chi connectivity index (χ4v) is 3.20. The van der Waals surface area contributed by atoms with E-state index in [4.69, 9.17) is 5.73 Å². The Kier molecular flexibility index (Phi) is 7.70. The summed E-state index contributed by atoms with van der Waals surface area (Å²) >= 11 is 0. The van der Waals surface area contributed by atoms with E-state index >= 15 is 0 Å². The number of halogens is 1. The predicted molar refractivity (Wildman–Crippen MR) is 99.9 cm³/mol. The first-order chi connectivity index (χ1) is 11.5. The Hall–Kier alpha value is -1.79. The smallest absolute Gasteiger partial charge is 0.254 e. The normalized spacial score (nSPS) is 14.8. The summed E-state index contributed by atoms with van der Waals surface area (Å²) in [6.07, 6.45) is 1.45. The second-order valence-corrected chi connectivity index (χ2v) is 6.33. The molecule has 0 aliphatic carbocycles. The van der Waals surface area contributed by atoms with Crippen molar-refractivity contribution in [2.24, 2.45) is 11.1 Å². The molecule has 25 heavy (non-hydrogen) atoms. The molecule has 2 rings (SSSR count). The van der Waals surface area contributed by atoms with Crippen molar-refractivity contribution in [3.05, 3.63) is 29.8 Å². The Labute approximate surface area is 155 Å². The van der Waals surface area contributed by atoms with Gasteiger partial charge in [0.05, 0.1) is 5.41 Å². The molecule has 1 aliphatic heterocycles. The number of amides is 2. The van der Waals surface area contributed by atoms with Gasteiger partial charge in [0, 0.05) is 38.3 Å². The molecule has 1 heterocycles. The standard InChI is InChI=1S/C18H27N3O3.ClH/c1-3-18(4-2,13-19)17(24)21-10-8-20(9-11-21)16(23)14-6-5-7-15(22)12-14;/h5-7,12,22H,3-4,8-11,13,19H2,1-2H3;1H. The summed E-state index contributed by atoms with van der Waals surface area (Å²) in [6.45, 7) is 6.37. The maximum absolute atomic E-state index is 12.8. The van der Waals surface area contributed by atoms with Crippen molar-refractivity contribution >= 4 is 24.2 Å². The first-order valence-corrected chi connectivity index (χ1v) is 8.55. The number of hydrogen-bond donors (Lipinski definition) is 2. The molecule has 2 amide bonds. The quantitative estimate of drug-likeness (QED) is 0.829. The molecule has 1 aromatic rings. The highest BCUT2D eigenvalue weighted by atomic mass is 35.5. The number of nitrogens with two attached hydrogens (primary N) is 1. The van der Waals surface area contributed by atoms with Gasteiger partial charge in [0.1, 0.15) is 5.75 Å². The Balaban J connectivity index is 0.00000312. The molecule has 3 N–H and O–H groups in total. The van der Waals surface area contributed by atoms with Gasteiger partial charge in [0.15, 0.2) is 0 Å². The van der Waals surface area contributed by atoms with E-state index in [1.165, 1.54) is 12.1 Å². The van der Waals surface area contributed by atoms with Crippen LogP contribution in [0.15, 0.2) is 24.3 Å². The highest BCUT2D eigenvalue weighted by molar-refractivity contribution is 5.94. The largest absolute Gasteiger partial charge is 0.508 e. The Morgan fingerprint density at radius 3 is 2.16 bits per heavy atom. The van der Waals surface area contributed by atoms with Crippen LogP contribution in [0.25, 0.3) is 0 Å². The van der Waals surface area contributed by atoms with Crippen molar-refractivity contribution in [2.75, 3.05) is 32.7 Å². The maximum Gasteiger partial charge on any atom is 0.254 e. The summed E-state index contributed by atoms with van der Waals surface area (Å²) in [5.41, 5.74) is 5.84. The van der Waals surface area contributed by atoms with Crippen molar-refractivity contribution in [3.63, 3.8) is 0 Å². The minimum Gasteiger partial charge on any atom is -0.508 e. The molecule has 1 aromatic carbocycles. The van der Waals surface area contributed by atoms with E-state index < -0.39 is 5.41 Å². The van der Waals surface area contributed by atoms with Gasteiger partial charge in [-0.05, 0) is 31.0 Å². The van der Waals surface area contributed by atoms with Gasteiger partial charge < -0.3 is 20.6 Å². The van der Waals surface area contributed by atoms with E-state index in [1.54, 1.807) is 17.0 Å². The van der Waals surface area contributed by atoms with Crippen LogP contribution in [0, 0.1) is 5.41 Å². The molecule has 0 saturated carbocycles. The number of carbonyl (C=O) groups is 2. The number of hydrogen-bond acceptors (Lipinski definition) is 4. The highest BCUT2D eigenvalue weighted by Gasteiger charge is 2.38. The van der Waals surface area contributed by atoms with Gasteiger partial charge in [-0.2, -0.15) is 0 Å². The Bertz CT molecular complexity index is 589. The average Bonchev–Trinajstić information content (AvgIpc) is 2.63. The summed E-state index contributed by atoms with van der Waals surface area (Å²) in [7, 11) is 0. The number of piperazine rings is 1. The molecule has 0 unspecified atom stereocenters. The monoisotopic (exact) mass is 369 g/mol. The first-order valence-electron chi connectivity index (χ1n) is 8.55. The van der Waals surface area contributed by atoms with Crippen molar-refractivity contribution in [1.82, 2.24) is 9.80 Å². The molecule has 140 valence electrons. The number of phenols is 1. The Morgan fingerprint density at radius 2 is 1.68 bits per heavy atom. The number of nitrogens with zero attached hydrogens (tertiary/aromatic N) is 2. The summed E-state index contributed by atoms with van der Waals surface area (Å²) < 4.78 is 0. The number of aromatic hydroxyl groups is 1. The van der Waals surface area contributed by atoms with Crippen LogP contribution < -0.4 is 5.73 Å². The van der Waals surface area contributed by atoms with Gasteiger partial charge in [0.25, 0.3) is 5.91 Å². The van der Waals surface area contributed by atoms with Crippen LogP contribution in [0.4, 0.5) is 0 Å². The SMILES string of the molecule is CCC(CC)(CN)C(=O)N1CCN(C(=O)c2cccc(O)c2)CC1.Cl. The fraction of sp³-hybridized carbons (Fsp3) is 0.556. The lowest BCUT2D eigenvalue weighted by Gasteiger charge is -2.40. The summed E-state index contributed by atoms with van der Waals surface area (Å²) in [4.78, 5) is 28.8. The van der Waals surface area contributed by atoms with Crippen LogP contribution in [0.3, 0.4) is 0 Å². The van der Waals surface area contributed by atoms with Crippen molar-refractivity contribution in [3.8, 4) is 5.75 Å². The highest BCUT2D eigenvalue weighted by Crippen LogP contribution is 2.28. The van der Waals surface area contributed by atoms with Crippen LogP contribution in [-0.4, -0.2) is 59.4 Å². The third-order valence-corrected chi connectivity index (χ3v) is 5.15. The molecular formula is C18H28ClN3O3. The zero-order valence-corrected chi connectivity index (χ0v) is 15.7. The first kappa shape index (κ1) is 21.3. The molecule has 1 saturated heterocycles. The third kappa shape index (κ3) is 4.44. The van der Waals surface area contributed by atoms with Gasteiger partial charge in [-0.1, -0.05) is 19.9 Å². The summed E-state index contributed by atoms with van der Waals surface area (Å²) in [5.74, 6) is 0.0572. The molecule has 0 radical (unpaired) electrons. The molecule has 0 aromatic heterocycles. The second-order valence-electron chi connectivity index (χ2n) is 6.33. The van der Waals surface area contributed by atoms with Gasteiger partial charge in [0.2, 0.25) is 5.91 Å². The number of phenolic OH excluding ortho intramolecular Hbond substituents is 1. The molecule has 7 heteroatoms. The van der Waals surface area contributed by atoms with Crippen LogP contribution in [0.5, 0.6) is 5.75 Å². The molecule has 0 atom stereocenters. The van der Waals surface area contributed by atoms with Crippen molar-refractivity contribution in [1.29, 1.82) is 0 Å². The molecule has 1 fully saturated rings. The zero-order chi connectivity index (χ0) is 17.7. The van der Waals surface area contributed by atoms with E-state index in [2.05, 4.69) is 0 Å². The minimum absolute atomic E-state index is 0. The minimum atomic E-state index is -0.489. The molecule has 0 spiro atoms. The van der Waals surface area contributed by atoms with Crippen LogP contribution >= 0.6 is 12.4 Å². The van der Waals surface area contributed by atoms with Gasteiger partial charge in [-0.25, -0.2) is 0 Å². The molecule has 1 aliphatic rings. The average molecular weight is 370 g/mol. The van der Waals surface area contributed by atoms with Crippen molar-refractivity contribution in [2.45, 2.75) is 26.7 Å².